The standard InChI is InChI=1S/C11H15N7S/c1-4-17-7(3)8(6(2)15-17)5-9-13-14-11-18(9)16-10(12)19-11/h4-5H2,1-3H3,(H2,12,16). The van der Waals surface area contributed by atoms with Crippen LogP contribution >= 0.6 is 11.3 Å². The second-order valence-electron chi connectivity index (χ2n) is 4.39. The molecule has 3 heterocycles. The molecule has 3 aromatic rings. The van der Waals surface area contributed by atoms with Crippen LogP contribution in [0.1, 0.15) is 29.7 Å². The van der Waals surface area contributed by atoms with Crippen molar-refractivity contribution in [3.8, 4) is 0 Å². The smallest absolute Gasteiger partial charge is 0.236 e. The normalized spacial score (nSPS) is 11.5. The van der Waals surface area contributed by atoms with E-state index in [1.165, 1.54) is 22.6 Å². The molecule has 7 nitrogen and oxygen atoms in total. The zero-order chi connectivity index (χ0) is 13.6. The molecule has 0 saturated carbocycles. The molecule has 0 aromatic carbocycles. The summed E-state index contributed by atoms with van der Waals surface area (Å²) in [5.74, 6) is 0.796. The van der Waals surface area contributed by atoms with E-state index in [2.05, 4.69) is 34.2 Å². The van der Waals surface area contributed by atoms with E-state index in [1.807, 2.05) is 11.6 Å². The second kappa shape index (κ2) is 4.30. The summed E-state index contributed by atoms with van der Waals surface area (Å²) >= 11 is 1.34. The number of fused-ring (bicyclic) bond motifs is 1. The van der Waals surface area contributed by atoms with Crippen molar-refractivity contribution in [1.29, 1.82) is 0 Å². The number of hydrogen-bond acceptors (Lipinski definition) is 6. The lowest BCUT2D eigenvalue weighted by atomic mass is 10.1. The maximum Gasteiger partial charge on any atom is 0.236 e. The minimum atomic E-state index is 0.504. The first-order chi connectivity index (χ1) is 9.10. The maximum atomic E-state index is 5.69. The van der Waals surface area contributed by atoms with E-state index in [0.717, 1.165) is 23.0 Å². The van der Waals surface area contributed by atoms with Crippen LogP contribution in [0.3, 0.4) is 0 Å². The summed E-state index contributed by atoms with van der Waals surface area (Å²) in [5.41, 5.74) is 9.06. The molecule has 3 aromatic heterocycles. The molecular weight excluding hydrogens is 262 g/mol. The van der Waals surface area contributed by atoms with Crippen LogP contribution in [0.4, 0.5) is 5.13 Å². The third-order valence-electron chi connectivity index (χ3n) is 3.24. The first-order valence-corrected chi connectivity index (χ1v) is 6.91. The lowest BCUT2D eigenvalue weighted by Gasteiger charge is -2.01. The number of hydrogen-bond donors (Lipinski definition) is 1. The fourth-order valence-electron chi connectivity index (χ4n) is 2.24. The number of nitrogens with zero attached hydrogens (tertiary/aromatic N) is 6. The van der Waals surface area contributed by atoms with E-state index in [-0.39, 0.29) is 0 Å². The minimum Gasteiger partial charge on any atom is -0.374 e. The molecule has 0 spiro atoms. The molecule has 0 fully saturated rings. The summed E-state index contributed by atoms with van der Waals surface area (Å²) in [4.78, 5) is 0.727. The fraction of sp³-hybridized carbons (Fsp3) is 0.455. The van der Waals surface area contributed by atoms with Crippen molar-refractivity contribution >= 4 is 21.4 Å². The van der Waals surface area contributed by atoms with Gasteiger partial charge in [0.05, 0.1) is 5.69 Å². The lowest BCUT2D eigenvalue weighted by molar-refractivity contribution is 0.633. The van der Waals surface area contributed by atoms with Crippen molar-refractivity contribution < 1.29 is 0 Å². The van der Waals surface area contributed by atoms with Gasteiger partial charge in [0.2, 0.25) is 10.1 Å². The lowest BCUT2D eigenvalue weighted by Crippen LogP contribution is -2.02. The van der Waals surface area contributed by atoms with Gasteiger partial charge in [-0.3, -0.25) is 4.68 Å². The van der Waals surface area contributed by atoms with Crippen molar-refractivity contribution in [3.05, 3.63) is 22.8 Å². The first kappa shape index (κ1) is 12.1. The van der Waals surface area contributed by atoms with Gasteiger partial charge in [-0.25, -0.2) is 0 Å². The summed E-state index contributed by atoms with van der Waals surface area (Å²) in [6.07, 6.45) is 0.669. The van der Waals surface area contributed by atoms with Gasteiger partial charge in [-0.15, -0.1) is 15.3 Å². The maximum absolute atomic E-state index is 5.69. The Bertz CT molecular complexity index is 736. The number of nitrogens with two attached hydrogens (primary N) is 1. The fourth-order valence-corrected chi connectivity index (χ4v) is 2.86. The van der Waals surface area contributed by atoms with Crippen molar-refractivity contribution in [2.24, 2.45) is 0 Å². The van der Waals surface area contributed by atoms with Gasteiger partial charge in [0.15, 0.2) is 5.82 Å². The number of aromatic nitrogens is 6. The molecule has 19 heavy (non-hydrogen) atoms. The van der Waals surface area contributed by atoms with Crippen molar-refractivity contribution in [2.75, 3.05) is 5.73 Å². The highest BCUT2D eigenvalue weighted by Crippen LogP contribution is 2.20. The van der Waals surface area contributed by atoms with E-state index in [0.29, 0.717) is 11.6 Å². The summed E-state index contributed by atoms with van der Waals surface area (Å²) in [6.45, 7) is 7.04. The Morgan fingerprint density at radius 1 is 1.21 bits per heavy atom. The highest BCUT2D eigenvalue weighted by atomic mass is 32.1. The molecule has 0 amide bonds. The molecule has 0 bridgehead atoms. The number of rotatable bonds is 3. The van der Waals surface area contributed by atoms with Crippen molar-refractivity contribution in [3.63, 3.8) is 0 Å². The number of anilines is 1. The van der Waals surface area contributed by atoms with E-state index in [1.54, 1.807) is 4.52 Å². The largest absolute Gasteiger partial charge is 0.374 e. The Hall–Kier alpha value is -1.96. The molecule has 8 heteroatoms. The summed E-state index contributed by atoms with van der Waals surface area (Å²) in [5, 5.41) is 17.5. The Kier molecular flexibility index (Phi) is 2.74. The van der Waals surface area contributed by atoms with E-state index in [4.69, 9.17) is 5.73 Å². The molecule has 0 radical (unpaired) electrons. The summed E-state index contributed by atoms with van der Waals surface area (Å²) in [7, 11) is 0. The van der Waals surface area contributed by atoms with Gasteiger partial charge in [0.1, 0.15) is 0 Å². The molecular formula is C11H15N7S. The molecule has 0 unspecified atom stereocenters. The predicted octanol–water partition coefficient (Wildman–Crippen LogP) is 1.19. The van der Waals surface area contributed by atoms with Crippen LogP contribution in [0.15, 0.2) is 0 Å². The van der Waals surface area contributed by atoms with Crippen LogP contribution in [0.25, 0.3) is 4.96 Å². The molecule has 0 atom stereocenters. The molecule has 3 rings (SSSR count). The second-order valence-corrected chi connectivity index (χ2v) is 5.38. The van der Waals surface area contributed by atoms with Crippen molar-refractivity contribution in [2.45, 2.75) is 33.7 Å². The highest BCUT2D eigenvalue weighted by molar-refractivity contribution is 7.20. The first-order valence-electron chi connectivity index (χ1n) is 6.09. The highest BCUT2D eigenvalue weighted by Gasteiger charge is 2.16. The molecule has 2 N–H and O–H groups in total. The monoisotopic (exact) mass is 277 g/mol. The van der Waals surface area contributed by atoms with E-state index in [9.17, 15) is 0 Å². The zero-order valence-corrected chi connectivity index (χ0v) is 11.9. The number of nitrogen functional groups attached to an aromatic ring is 1. The summed E-state index contributed by atoms with van der Waals surface area (Å²) < 4.78 is 3.71. The van der Waals surface area contributed by atoms with Gasteiger partial charge >= 0.3 is 0 Å². The van der Waals surface area contributed by atoms with E-state index < -0.39 is 0 Å². The topological polar surface area (TPSA) is 86.9 Å². The Morgan fingerprint density at radius 2 is 2.00 bits per heavy atom. The Morgan fingerprint density at radius 3 is 2.68 bits per heavy atom. The van der Waals surface area contributed by atoms with Crippen LogP contribution in [0.2, 0.25) is 0 Å². The van der Waals surface area contributed by atoms with Crippen LogP contribution in [0, 0.1) is 13.8 Å². The molecule has 0 aliphatic rings. The van der Waals surface area contributed by atoms with Crippen LogP contribution in [0.5, 0.6) is 0 Å². The van der Waals surface area contributed by atoms with E-state index >= 15 is 0 Å². The third-order valence-corrected chi connectivity index (χ3v) is 3.96. The number of aryl methyl sites for hydroxylation is 2. The van der Waals surface area contributed by atoms with Gasteiger partial charge in [0, 0.05) is 24.2 Å². The van der Waals surface area contributed by atoms with Gasteiger partial charge in [0.25, 0.3) is 0 Å². The van der Waals surface area contributed by atoms with Gasteiger partial charge in [-0.1, -0.05) is 11.3 Å². The minimum absolute atomic E-state index is 0.504. The van der Waals surface area contributed by atoms with Crippen LogP contribution < -0.4 is 5.73 Å². The quantitative estimate of drug-likeness (QED) is 0.777. The van der Waals surface area contributed by atoms with Gasteiger partial charge < -0.3 is 5.73 Å². The Labute approximate surface area is 114 Å². The Balaban J connectivity index is 2.03. The van der Waals surface area contributed by atoms with Crippen LogP contribution in [-0.4, -0.2) is 29.6 Å². The SMILES string of the molecule is CCn1nc(C)c(Cc2nnc3sc(N)nn23)c1C. The van der Waals surface area contributed by atoms with Crippen molar-refractivity contribution in [1.82, 2.24) is 29.6 Å². The summed E-state index contributed by atoms with van der Waals surface area (Å²) in [6, 6.07) is 0. The molecule has 0 saturated heterocycles. The predicted molar refractivity (Wildman–Crippen MR) is 73.3 cm³/mol. The molecule has 0 aliphatic heterocycles. The average Bonchev–Trinajstić information content (AvgIpc) is 2.98. The van der Waals surface area contributed by atoms with Gasteiger partial charge in [-0.2, -0.15) is 9.61 Å². The average molecular weight is 277 g/mol. The zero-order valence-electron chi connectivity index (χ0n) is 11.1. The molecule has 100 valence electrons. The molecule has 0 aliphatic carbocycles. The van der Waals surface area contributed by atoms with Gasteiger partial charge in [-0.05, 0) is 20.8 Å². The third kappa shape index (κ3) is 1.88. The van der Waals surface area contributed by atoms with Crippen LogP contribution in [-0.2, 0) is 13.0 Å².